The lowest BCUT2D eigenvalue weighted by Gasteiger charge is -2.29. The maximum absolute atomic E-state index is 11.9. The van der Waals surface area contributed by atoms with E-state index in [1.54, 1.807) is 13.2 Å². The molecule has 2 heterocycles. The van der Waals surface area contributed by atoms with Crippen LogP contribution in [0.25, 0.3) is 16.1 Å². The second-order valence-corrected chi connectivity index (χ2v) is 8.14. The Morgan fingerprint density at radius 1 is 1.24 bits per heavy atom. The first-order valence-corrected chi connectivity index (χ1v) is 11.3. The Hall–Kier alpha value is -4.18. The van der Waals surface area contributed by atoms with Crippen molar-refractivity contribution in [1.29, 1.82) is 0 Å². The minimum atomic E-state index is -0.0832. The van der Waals surface area contributed by atoms with Gasteiger partial charge < -0.3 is 15.0 Å². The highest BCUT2D eigenvalue weighted by Gasteiger charge is 2.17. The number of methoxy groups -OCH3 is 1. The molecule has 34 heavy (non-hydrogen) atoms. The molecule has 4 rings (SSSR count). The summed E-state index contributed by atoms with van der Waals surface area (Å²) in [5.41, 5.74) is 4.22. The van der Waals surface area contributed by atoms with Gasteiger partial charge in [-0.2, -0.15) is 0 Å². The van der Waals surface area contributed by atoms with Crippen molar-refractivity contribution in [2.75, 3.05) is 30.4 Å². The zero-order chi connectivity index (χ0) is 23.9. The average molecular weight is 454 g/mol. The standard InChI is InChI=1S/C27H27N5O2/c1-4-22(33)15-19-11-12-25(34-3)23(16-19)26-24(28-2)18-29-27(31-26)30-20-9-8-10-21(17-20)32-13-6-5-7-14-32/h4,8-12,16-18H,1,5-7,13-15H2,3H3,(H,29,30,31). The third kappa shape index (κ3) is 5.24. The van der Waals surface area contributed by atoms with Crippen LogP contribution in [0.2, 0.25) is 0 Å². The van der Waals surface area contributed by atoms with E-state index in [1.165, 1.54) is 37.2 Å². The molecule has 1 aliphatic rings. The number of rotatable bonds is 8. The molecule has 0 spiro atoms. The summed E-state index contributed by atoms with van der Waals surface area (Å²) in [6, 6.07) is 13.6. The summed E-state index contributed by atoms with van der Waals surface area (Å²) in [5.74, 6) is 0.865. The summed E-state index contributed by atoms with van der Waals surface area (Å²) in [6.45, 7) is 13.3. The van der Waals surface area contributed by atoms with Crippen LogP contribution in [0, 0.1) is 6.57 Å². The Morgan fingerprint density at radius 3 is 2.79 bits per heavy atom. The fourth-order valence-electron chi connectivity index (χ4n) is 4.10. The lowest BCUT2D eigenvalue weighted by molar-refractivity contribution is -0.114. The second-order valence-electron chi connectivity index (χ2n) is 8.14. The van der Waals surface area contributed by atoms with Crippen molar-refractivity contribution < 1.29 is 9.53 Å². The summed E-state index contributed by atoms with van der Waals surface area (Å²) in [6.07, 6.45) is 6.73. The summed E-state index contributed by atoms with van der Waals surface area (Å²) in [7, 11) is 1.57. The van der Waals surface area contributed by atoms with Gasteiger partial charge in [-0.1, -0.05) is 18.7 Å². The van der Waals surface area contributed by atoms with Gasteiger partial charge in [0.15, 0.2) is 5.78 Å². The number of anilines is 3. The van der Waals surface area contributed by atoms with E-state index in [1.807, 2.05) is 24.3 Å². The Kier molecular flexibility index (Phi) is 7.19. The number of benzene rings is 2. The van der Waals surface area contributed by atoms with E-state index >= 15 is 0 Å². The van der Waals surface area contributed by atoms with Gasteiger partial charge in [0.25, 0.3) is 0 Å². The van der Waals surface area contributed by atoms with E-state index in [2.05, 4.69) is 43.7 Å². The first-order chi connectivity index (χ1) is 16.6. The molecule has 0 radical (unpaired) electrons. The Labute approximate surface area is 199 Å². The summed E-state index contributed by atoms with van der Waals surface area (Å²) < 4.78 is 5.53. The maximum atomic E-state index is 11.9. The van der Waals surface area contributed by atoms with Crippen LogP contribution in [-0.2, 0) is 11.2 Å². The lowest BCUT2D eigenvalue weighted by Crippen LogP contribution is -2.29. The molecule has 0 unspecified atom stereocenters. The number of nitrogens with one attached hydrogen (secondary N) is 1. The molecule has 3 aromatic rings. The molecule has 1 saturated heterocycles. The lowest BCUT2D eigenvalue weighted by atomic mass is 10.0. The molecule has 172 valence electrons. The van der Waals surface area contributed by atoms with E-state index in [9.17, 15) is 4.79 Å². The van der Waals surface area contributed by atoms with Crippen molar-refractivity contribution in [3.05, 3.63) is 78.3 Å². The van der Waals surface area contributed by atoms with Crippen LogP contribution in [-0.4, -0.2) is 36.0 Å². The topological polar surface area (TPSA) is 71.7 Å². The fraction of sp³-hybridized carbons (Fsp3) is 0.259. The first-order valence-electron chi connectivity index (χ1n) is 11.3. The number of hydrogen-bond acceptors (Lipinski definition) is 6. The average Bonchev–Trinajstić information content (AvgIpc) is 2.89. The smallest absolute Gasteiger partial charge is 0.231 e. The zero-order valence-corrected chi connectivity index (χ0v) is 19.3. The van der Waals surface area contributed by atoms with Crippen LogP contribution >= 0.6 is 0 Å². The predicted octanol–water partition coefficient (Wildman–Crippen LogP) is 5.73. The van der Waals surface area contributed by atoms with Crippen LogP contribution in [0.1, 0.15) is 24.8 Å². The SMILES string of the molecule is [C-]#[N+]c1cnc(Nc2cccc(N3CCCCC3)c2)nc1-c1cc(CC(=O)C=C)ccc1OC. The Bertz CT molecular complexity index is 1240. The largest absolute Gasteiger partial charge is 0.496 e. The van der Waals surface area contributed by atoms with Crippen molar-refractivity contribution >= 4 is 28.8 Å². The van der Waals surface area contributed by atoms with Crippen LogP contribution < -0.4 is 15.0 Å². The quantitative estimate of drug-likeness (QED) is 0.347. The fourth-order valence-corrected chi connectivity index (χ4v) is 4.10. The molecule has 7 nitrogen and oxygen atoms in total. The van der Waals surface area contributed by atoms with Gasteiger partial charge in [-0.15, -0.1) is 0 Å². The van der Waals surface area contributed by atoms with E-state index in [-0.39, 0.29) is 12.2 Å². The number of aromatic nitrogens is 2. The van der Waals surface area contributed by atoms with Gasteiger partial charge in [-0.05, 0) is 61.2 Å². The molecule has 0 bridgehead atoms. The van der Waals surface area contributed by atoms with Gasteiger partial charge in [0, 0.05) is 42.6 Å². The van der Waals surface area contributed by atoms with E-state index in [4.69, 9.17) is 11.3 Å². The third-order valence-corrected chi connectivity index (χ3v) is 5.84. The molecule has 0 saturated carbocycles. The van der Waals surface area contributed by atoms with Gasteiger partial charge in [0.2, 0.25) is 11.6 Å². The van der Waals surface area contributed by atoms with Gasteiger partial charge >= 0.3 is 0 Å². The van der Waals surface area contributed by atoms with Gasteiger partial charge in [-0.25, -0.2) is 14.8 Å². The molecule has 0 atom stereocenters. The van der Waals surface area contributed by atoms with Crippen molar-refractivity contribution in [2.24, 2.45) is 0 Å². The molecular formula is C27H27N5O2. The predicted molar refractivity (Wildman–Crippen MR) is 135 cm³/mol. The highest BCUT2D eigenvalue weighted by Crippen LogP contribution is 2.36. The van der Waals surface area contributed by atoms with Gasteiger partial charge in [-0.3, -0.25) is 4.79 Å². The van der Waals surface area contributed by atoms with Crippen LogP contribution in [0.5, 0.6) is 5.75 Å². The molecule has 1 N–H and O–H groups in total. The molecule has 2 aromatic carbocycles. The van der Waals surface area contributed by atoms with Crippen molar-refractivity contribution in [2.45, 2.75) is 25.7 Å². The summed E-state index contributed by atoms with van der Waals surface area (Å²) in [4.78, 5) is 26.9. The van der Waals surface area contributed by atoms with Crippen molar-refractivity contribution in [3.63, 3.8) is 0 Å². The number of allylic oxidation sites excluding steroid dienone is 1. The van der Waals surface area contributed by atoms with Gasteiger partial charge in [0.05, 0.1) is 19.4 Å². The second kappa shape index (κ2) is 10.6. The van der Waals surface area contributed by atoms with Gasteiger partial charge in [0.1, 0.15) is 5.75 Å². The minimum Gasteiger partial charge on any atom is -0.496 e. The van der Waals surface area contributed by atoms with E-state index in [0.717, 1.165) is 24.3 Å². The molecule has 1 aliphatic heterocycles. The highest BCUT2D eigenvalue weighted by atomic mass is 16.5. The molecule has 0 aliphatic carbocycles. The molecule has 1 fully saturated rings. The number of carbonyl (C=O) groups excluding carboxylic acids is 1. The molecule has 1 aromatic heterocycles. The third-order valence-electron chi connectivity index (χ3n) is 5.84. The van der Waals surface area contributed by atoms with E-state index in [0.29, 0.717) is 28.6 Å². The van der Waals surface area contributed by atoms with Crippen LogP contribution in [0.4, 0.5) is 23.0 Å². The van der Waals surface area contributed by atoms with E-state index < -0.39 is 0 Å². The number of carbonyl (C=O) groups is 1. The van der Waals surface area contributed by atoms with Crippen LogP contribution in [0.15, 0.2) is 61.3 Å². The minimum absolute atomic E-state index is 0.0832. The number of ketones is 1. The molecular weight excluding hydrogens is 426 g/mol. The van der Waals surface area contributed by atoms with Crippen molar-refractivity contribution in [1.82, 2.24) is 9.97 Å². The number of hydrogen-bond donors (Lipinski definition) is 1. The number of nitrogens with zero attached hydrogens (tertiary/aromatic N) is 4. The maximum Gasteiger partial charge on any atom is 0.231 e. The normalized spacial score (nSPS) is 13.1. The van der Waals surface area contributed by atoms with Crippen LogP contribution in [0.3, 0.4) is 0 Å². The first kappa shape index (κ1) is 23.0. The monoisotopic (exact) mass is 453 g/mol. The summed E-state index contributed by atoms with van der Waals surface area (Å²) >= 11 is 0. The summed E-state index contributed by atoms with van der Waals surface area (Å²) in [5, 5.41) is 3.28. The number of piperidine rings is 1. The molecule has 0 amide bonds. The zero-order valence-electron chi connectivity index (χ0n) is 19.3. The Balaban J connectivity index is 1.67. The number of ether oxygens (including phenoxy) is 1. The highest BCUT2D eigenvalue weighted by molar-refractivity contribution is 5.91. The Morgan fingerprint density at radius 2 is 2.06 bits per heavy atom. The van der Waals surface area contributed by atoms with Crippen molar-refractivity contribution in [3.8, 4) is 17.0 Å². The molecule has 7 heteroatoms.